The lowest BCUT2D eigenvalue weighted by Gasteiger charge is -2.03. The predicted molar refractivity (Wildman–Crippen MR) is 67.9 cm³/mol. The third-order valence-electron chi connectivity index (χ3n) is 2.18. The van der Waals surface area contributed by atoms with Crippen LogP contribution in [0.3, 0.4) is 0 Å². The van der Waals surface area contributed by atoms with E-state index in [0.29, 0.717) is 21.6 Å². The maximum absolute atomic E-state index is 10.8. The van der Waals surface area contributed by atoms with Crippen molar-refractivity contribution in [3.05, 3.63) is 34.1 Å². The highest BCUT2D eigenvalue weighted by atomic mass is 32.2. The van der Waals surface area contributed by atoms with Crippen molar-refractivity contribution in [1.82, 2.24) is 15.2 Å². The maximum Gasteiger partial charge on any atom is 0.272 e. The molecule has 2 aromatic rings. The van der Waals surface area contributed by atoms with Crippen LogP contribution >= 0.6 is 11.8 Å². The summed E-state index contributed by atoms with van der Waals surface area (Å²) in [6.07, 6.45) is 0. The van der Waals surface area contributed by atoms with Crippen LogP contribution in [0.4, 0.5) is 11.4 Å². The number of hydrogen-bond acceptors (Lipinski definition) is 6. The van der Waals surface area contributed by atoms with E-state index in [-0.39, 0.29) is 5.69 Å². The molecule has 0 fully saturated rings. The third-order valence-corrected chi connectivity index (χ3v) is 3.01. The Morgan fingerprint density at radius 1 is 1.44 bits per heavy atom. The number of nitro groups is 1. The molecule has 2 N–H and O–H groups in total. The van der Waals surface area contributed by atoms with Gasteiger partial charge in [-0.1, -0.05) is 0 Å². The average molecular weight is 265 g/mol. The third kappa shape index (κ3) is 2.77. The number of hydrogen-bond donors (Lipinski definition) is 2. The second kappa shape index (κ2) is 5.05. The Balaban J connectivity index is 2.32. The van der Waals surface area contributed by atoms with Crippen LogP contribution in [0.25, 0.3) is 0 Å². The van der Waals surface area contributed by atoms with Crippen LogP contribution in [0.5, 0.6) is 0 Å². The fraction of sp³-hybridized carbons (Fsp3) is 0.200. The standard InChI is InChI=1S/C10H11N5O2S/c1-6-12-10(14-13-6)18-9-4-7(11-2)3-8(5-9)15(16)17/h3-5,11H,1-2H3,(H,12,13,14). The minimum Gasteiger partial charge on any atom is -0.388 e. The normalized spacial score (nSPS) is 10.3. The van der Waals surface area contributed by atoms with E-state index in [1.54, 1.807) is 14.0 Å². The molecule has 2 rings (SSSR count). The molecule has 0 saturated carbocycles. The number of aromatic amines is 1. The molecule has 18 heavy (non-hydrogen) atoms. The quantitative estimate of drug-likeness (QED) is 0.650. The van der Waals surface area contributed by atoms with Gasteiger partial charge in [-0.2, -0.15) is 0 Å². The zero-order chi connectivity index (χ0) is 13.1. The number of nitrogens with zero attached hydrogens (tertiary/aromatic N) is 3. The summed E-state index contributed by atoms with van der Waals surface area (Å²) in [4.78, 5) is 15.2. The molecule has 0 atom stereocenters. The summed E-state index contributed by atoms with van der Waals surface area (Å²) in [5, 5.41) is 20.9. The van der Waals surface area contributed by atoms with Gasteiger partial charge in [-0.25, -0.2) is 4.98 Å². The number of non-ortho nitro benzene ring substituents is 1. The Labute approximate surface area is 107 Å². The Kier molecular flexibility index (Phi) is 3.47. The van der Waals surface area contributed by atoms with Crippen LogP contribution in [-0.4, -0.2) is 27.2 Å². The second-order valence-corrected chi connectivity index (χ2v) is 4.57. The van der Waals surface area contributed by atoms with E-state index in [4.69, 9.17) is 0 Å². The number of aromatic nitrogens is 3. The summed E-state index contributed by atoms with van der Waals surface area (Å²) in [7, 11) is 1.71. The molecule has 1 heterocycles. The first-order chi connectivity index (χ1) is 8.58. The van der Waals surface area contributed by atoms with Gasteiger partial charge in [0.15, 0.2) is 0 Å². The Morgan fingerprint density at radius 3 is 2.78 bits per heavy atom. The molecule has 0 spiro atoms. The van der Waals surface area contributed by atoms with Crippen molar-refractivity contribution in [2.45, 2.75) is 17.0 Å². The van der Waals surface area contributed by atoms with Crippen LogP contribution in [0.2, 0.25) is 0 Å². The van der Waals surface area contributed by atoms with Gasteiger partial charge in [0.05, 0.1) is 4.92 Å². The monoisotopic (exact) mass is 265 g/mol. The predicted octanol–water partition coefficient (Wildman–Crippen LogP) is 2.21. The average Bonchev–Trinajstić information content (AvgIpc) is 2.74. The molecule has 8 heteroatoms. The van der Waals surface area contributed by atoms with E-state index in [1.165, 1.54) is 23.9 Å². The summed E-state index contributed by atoms with van der Waals surface area (Å²) in [5.41, 5.74) is 0.718. The van der Waals surface area contributed by atoms with Crippen molar-refractivity contribution in [2.24, 2.45) is 0 Å². The smallest absolute Gasteiger partial charge is 0.272 e. The zero-order valence-corrected chi connectivity index (χ0v) is 10.6. The molecule has 0 amide bonds. The molecule has 0 unspecified atom stereocenters. The van der Waals surface area contributed by atoms with Gasteiger partial charge in [-0.05, 0) is 24.8 Å². The Morgan fingerprint density at radius 2 is 2.22 bits per heavy atom. The Hall–Kier alpha value is -2.09. The molecule has 0 aliphatic carbocycles. The maximum atomic E-state index is 10.8. The molecule has 0 aliphatic rings. The topological polar surface area (TPSA) is 96.7 Å². The molecule has 1 aromatic carbocycles. The Bertz CT molecular complexity index is 583. The number of nitrogens with one attached hydrogen (secondary N) is 2. The van der Waals surface area contributed by atoms with Crippen molar-refractivity contribution in [3.8, 4) is 0 Å². The highest BCUT2D eigenvalue weighted by Gasteiger charge is 2.11. The lowest BCUT2D eigenvalue weighted by molar-refractivity contribution is -0.385. The number of aryl methyl sites for hydroxylation is 1. The highest BCUT2D eigenvalue weighted by molar-refractivity contribution is 7.99. The van der Waals surface area contributed by atoms with E-state index < -0.39 is 4.92 Å². The SMILES string of the molecule is CNc1cc(Sc2n[nH]c(C)n2)cc([N+](=O)[O-])c1. The van der Waals surface area contributed by atoms with Gasteiger partial charge in [0.2, 0.25) is 5.16 Å². The summed E-state index contributed by atoms with van der Waals surface area (Å²) >= 11 is 1.27. The first kappa shape index (κ1) is 12.4. The van der Waals surface area contributed by atoms with Gasteiger partial charge >= 0.3 is 0 Å². The van der Waals surface area contributed by atoms with Gasteiger partial charge in [0.1, 0.15) is 5.82 Å². The van der Waals surface area contributed by atoms with Crippen LogP contribution in [0, 0.1) is 17.0 Å². The molecule has 0 radical (unpaired) electrons. The van der Waals surface area contributed by atoms with Crippen LogP contribution in [-0.2, 0) is 0 Å². The summed E-state index contributed by atoms with van der Waals surface area (Å²) in [5.74, 6) is 0.705. The molecule has 0 bridgehead atoms. The van der Waals surface area contributed by atoms with Gasteiger partial charge in [0, 0.05) is 29.8 Å². The highest BCUT2D eigenvalue weighted by Crippen LogP contribution is 2.30. The molecule has 7 nitrogen and oxygen atoms in total. The van der Waals surface area contributed by atoms with Gasteiger partial charge in [-0.3, -0.25) is 15.2 Å². The van der Waals surface area contributed by atoms with E-state index >= 15 is 0 Å². The fourth-order valence-electron chi connectivity index (χ4n) is 1.37. The van der Waals surface area contributed by atoms with E-state index in [2.05, 4.69) is 20.5 Å². The van der Waals surface area contributed by atoms with Crippen molar-refractivity contribution in [3.63, 3.8) is 0 Å². The second-order valence-electron chi connectivity index (χ2n) is 3.53. The first-order valence-corrected chi connectivity index (χ1v) is 5.94. The number of anilines is 1. The number of nitro benzene ring substituents is 1. The molecular formula is C10H11N5O2S. The van der Waals surface area contributed by atoms with E-state index in [9.17, 15) is 10.1 Å². The number of H-pyrrole nitrogens is 1. The van der Waals surface area contributed by atoms with Crippen LogP contribution in [0.1, 0.15) is 5.82 Å². The minimum atomic E-state index is -0.422. The lowest BCUT2D eigenvalue weighted by atomic mass is 10.3. The largest absolute Gasteiger partial charge is 0.388 e. The molecule has 0 aliphatic heterocycles. The molecule has 1 aromatic heterocycles. The summed E-state index contributed by atoms with van der Waals surface area (Å²) < 4.78 is 0. The van der Waals surface area contributed by atoms with Crippen molar-refractivity contribution in [1.29, 1.82) is 0 Å². The van der Waals surface area contributed by atoms with Crippen LogP contribution in [0.15, 0.2) is 28.3 Å². The molecule has 94 valence electrons. The minimum absolute atomic E-state index is 0.0385. The molecular weight excluding hydrogens is 254 g/mol. The summed E-state index contributed by atoms with van der Waals surface area (Å²) in [6, 6.07) is 4.79. The van der Waals surface area contributed by atoms with Gasteiger partial charge in [0.25, 0.3) is 5.69 Å². The van der Waals surface area contributed by atoms with E-state index in [1.807, 2.05) is 6.07 Å². The van der Waals surface area contributed by atoms with Crippen LogP contribution < -0.4 is 5.32 Å². The summed E-state index contributed by atoms with van der Waals surface area (Å²) in [6.45, 7) is 1.80. The van der Waals surface area contributed by atoms with Gasteiger partial charge in [-0.15, -0.1) is 5.10 Å². The van der Waals surface area contributed by atoms with Crippen molar-refractivity contribution >= 4 is 23.1 Å². The lowest BCUT2D eigenvalue weighted by Crippen LogP contribution is -1.93. The number of benzene rings is 1. The van der Waals surface area contributed by atoms with Crippen molar-refractivity contribution < 1.29 is 4.92 Å². The van der Waals surface area contributed by atoms with Crippen molar-refractivity contribution in [2.75, 3.05) is 12.4 Å². The van der Waals surface area contributed by atoms with Gasteiger partial charge < -0.3 is 5.32 Å². The fourth-order valence-corrected chi connectivity index (χ4v) is 2.22. The number of rotatable bonds is 4. The molecule has 0 saturated heterocycles. The zero-order valence-electron chi connectivity index (χ0n) is 9.80. The first-order valence-electron chi connectivity index (χ1n) is 5.12. The van der Waals surface area contributed by atoms with E-state index in [0.717, 1.165) is 0 Å².